The van der Waals surface area contributed by atoms with E-state index >= 15 is 0 Å². The molecule has 0 amide bonds. The van der Waals surface area contributed by atoms with Crippen LogP contribution in [0.15, 0.2) is 36.4 Å². The highest BCUT2D eigenvalue weighted by Crippen LogP contribution is 2.59. The van der Waals surface area contributed by atoms with Crippen molar-refractivity contribution in [3.05, 3.63) is 49.1 Å². The number of fused-ring (bicyclic) bond motifs is 1. The SMILES string of the molecule is Cc1cc(I)cc(I)c1Oc1ccc(OC(=O)C2C3CC4C(OC(=O)C42)C3OC(=O)C(C)(F)F)cc1. The van der Waals surface area contributed by atoms with Gasteiger partial charge in [0.15, 0.2) is 0 Å². The topological polar surface area (TPSA) is 88.1 Å². The molecule has 2 bridgehead atoms. The van der Waals surface area contributed by atoms with Crippen LogP contribution in [0.3, 0.4) is 0 Å². The van der Waals surface area contributed by atoms with Crippen LogP contribution in [0, 0.1) is 37.7 Å². The van der Waals surface area contributed by atoms with Crippen LogP contribution in [-0.2, 0) is 23.9 Å². The molecular formula is C25H20F2I2O7. The summed E-state index contributed by atoms with van der Waals surface area (Å²) < 4.78 is 50.8. The number of aryl methyl sites for hydroxylation is 1. The molecule has 1 aliphatic heterocycles. The number of hydrogen-bond acceptors (Lipinski definition) is 7. The van der Waals surface area contributed by atoms with E-state index in [1.807, 2.05) is 19.1 Å². The summed E-state index contributed by atoms with van der Waals surface area (Å²) in [6, 6.07) is 10.5. The molecule has 2 aromatic carbocycles. The van der Waals surface area contributed by atoms with Gasteiger partial charge < -0.3 is 18.9 Å². The van der Waals surface area contributed by atoms with E-state index in [2.05, 4.69) is 45.2 Å². The van der Waals surface area contributed by atoms with E-state index in [-0.39, 0.29) is 11.7 Å². The molecule has 36 heavy (non-hydrogen) atoms. The number of benzene rings is 2. The Balaban J connectivity index is 1.29. The van der Waals surface area contributed by atoms with E-state index in [4.69, 9.17) is 18.9 Å². The Kier molecular flexibility index (Phi) is 6.67. The van der Waals surface area contributed by atoms with Crippen LogP contribution in [-0.4, -0.2) is 36.0 Å². The average Bonchev–Trinajstić information content (AvgIpc) is 3.40. The Morgan fingerprint density at radius 3 is 2.39 bits per heavy atom. The van der Waals surface area contributed by atoms with Gasteiger partial charge in [0.05, 0.1) is 15.4 Å². The Morgan fingerprint density at radius 2 is 1.75 bits per heavy atom. The van der Waals surface area contributed by atoms with Crippen LogP contribution in [0.1, 0.15) is 18.9 Å². The van der Waals surface area contributed by atoms with Crippen molar-refractivity contribution in [2.24, 2.45) is 23.7 Å². The van der Waals surface area contributed by atoms with Crippen molar-refractivity contribution in [2.45, 2.75) is 38.4 Å². The Morgan fingerprint density at radius 1 is 1.08 bits per heavy atom. The molecule has 0 N–H and O–H groups in total. The third-order valence-corrected chi connectivity index (χ3v) is 8.30. The summed E-state index contributed by atoms with van der Waals surface area (Å²) in [5, 5.41) is 0. The van der Waals surface area contributed by atoms with E-state index < -0.39 is 53.8 Å². The summed E-state index contributed by atoms with van der Waals surface area (Å²) in [6.45, 7) is 2.39. The molecule has 6 unspecified atom stereocenters. The summed E-state index contributed by atoms with van der Waals surface area (Å²) in [5.74, 6) is -7.87. The minimum Gasteiger partial charge on any atom is -0.458 e. The zero-order chi connectivity index (χ0) is 25.9. The molecule has 1 heterocycles. The van der Waals surface area contributed by atoms with Crippen LogP contribution in [0.2, 0.25) is 0 Å². The van der Waals surface area contributed by atoms with E-state index in [0.29, 0.717) is 19.1 Å². The predicted molar refractivity (Wildman–Crippen MR) is 138 cm³/mol. The Hall–Kier alpha value is -2.03. The van der Waals surface area contributed by atoms with E-state index in [1.54, 1.807) is 24.3 Å². The first-order valence-corrected chi connectivity index (χ1v) is 13.3. The van der Waals surface area contributed by atoms with Gasteiger partial charge in [-0.05, 0) is 100 Å². The molecule has 0 spiro atoms. The number of alkyl halides is 2. The smallest absolute Gasteiger partial charge is 0.377 e. The molecule has 1 saturated heterocycles. The van der Waals surface area contributed by atoms with Gasteiger partial charge in [0.25, 0.3) is 0 Å². The second-order valence-electron chi connectivity index (χ2n) is 9.30. The maximum absolute atomic E-state index is 13.4. The van der Waals surface area contributed by atoms with Crippen molar-refractivity contribution in [3.63, 3.8) is 0 Å². The Bertz CT molecular complexity index is 1220. The standard InChI is InChI=1S/C25H20F2I2O7/c1-10-7-11(28)8-16(29)19(10)33-12-3-5-13(6-4-12)34-22(30)17-15-9-14-18(17)23(31)35-20(14)21(15)36-24(32)25(2,26)27/h3-8,14-15,17-18,20-21H,9H2,1-2H3. The molecule has 190 valence electrons. The fourth-order valence-corrected chi connectivity index (χ4v) is 7.64. The summed E-state index contributed by atoms with van der Waals surface area (Å²) >= 11 is 4.44. The van der Waals surface area contributed by atoms with Crippen LogP contribution in [0.4, 0.5) is 8.78 Å². The molecule has 2 aliphatic carbocycles. The lowest BCUT2D eigenvalue weighted by atomic mass is 9.78. The summed E-state index contributed by atoms with van der Waals surface area (Å²) in [6.07, 6.45) is -1.56. The molecule has 2 aromatic rings. The van der Waals surface area contributed by atoms with Crippen LogP contribution < -0.4 is 9.47 Å². The highest BCUT2D eigenvalue weighted by atomic mass is 127. The van der Waals surface area contributed by atoms with Gasteiger partial charge in [0.2, 0.25) is 0 Å². The summed E-state index contributed by atoms with van der Waals surface area (Å²) in [7, 11) is 0. The maximum atomic E-state index is 13.4. The normalized spacial score (nSPS) is 28.1. The third kappa shape index (κ3) is 4.56. The average molecular weight is 724 g/mol. The number of esters is 3. The number of halogens is 4. The predicted octanol–water partition coefficient (Wildman–Crippen LogP) is 5.28. The highest BCUT2D eigenvalue weighted by molar-refractivity contribution is 14.1. The lowest BCUT2D eigenvalue weighted by Gasteiger charge is -2.30. The van der Waals surface area contributed by atoms with Crippen LogP contribution in [0.25, 0.3) is 0 Å². The van der Waals surface area contributed by atoms with Gasteiger partial charge in [-0.2, -0.15) is 8.78 Å². The van der Waals surface area contributed by atoms with Crippen LogP contribution >= 0.6 is 45.2 Å². The quantitative estimate of drug-likeness (QED) is 0.228. The second kappa shape index (κ2) is 9.37. The second-order valence-corrected chi connectivity index (χ2v) is 11.7. The largest absolute Gasteiger partial charge is 0.458 e. The van der Waals surface area contributed by atoms with Gasteiger partial charge in [0.1, 0.15) is 29.5 Å². The fraction of sp³-hybridized carbons (Fsp3) is 0.400. The van der Waals surface area contributed by atoms with Gasteiger partial charge in [0, 0.05) is 22.3 Å². The van der Waals surface area contributed by atoms with Crippen LogP contribution in [0.5, 0.6) is 17.2 Å². The third-order valence-electron chi connectivity index (χ3n) is 6.88. The van der Waals surface area contributed by atoms with Gasteiger partial charge in [-0.1, -0.05) is 0 Å². The minimum absolute atomic E-state index is 0.237. The first kappa shape index (κ1) is 25.6. The highest BCUT2D eigenvalue weighted by Gasteiger charge is 2.70. The summed E-state index contributed by atoms with van der Waals surface area (Å²) in [4.78, 5) is 37.4. The van der Waals surface area contributed by atoms with Crippen molar-refractivity contribution >= 4 is 63.1 Å². The van der Waals surface area contributed by atoms with Gasteiger partial charge >= 0.3 is 23.8 Å². The van der Waals surface area contributed by atoms with Crippen molar-refractivity contribution in [2.75, 3.05) is 0 Å². The van der Waals surface area contributed by atoms with E-state index in [9.17, 15) is 23.2 Å². The molecule has 2 saturated carbocycles. The van der Waals surface area contributed by atoms with Gasteiger partial charge in [-0.15, -0.1) is 0 Å². The van der Waals surface area contributed by atoms with Gasteiger partial charge in [-0.25, -0.2) is 4.79 Å². The van der Waals surface area contributed by atoms with Gasteiger partial charge in [-0.3, -0.25) is 9.59 Å². The number of hydrogen-bond donors (Lipinski definition) is 0. The summed E-state index contributed by atoms with van der Waals surface area (Å²) in [5.41, 5.74) is 0.982. The lowest BCUT2D eigenvalue weighted by molar-refractivity contribution is -0.185. The molecule has 0 radical (unpaired) electrons. The number of carbonyl (C=O) groups is 3. The molecular weight excluding hydrogens is 704 g/mol. The molecule has 0 aromatic heterocycles. The van der Waals surface area contributed by atoms with E-state index in [0.717, 1.165) is 18.5 Å². The monoisotopic (exact) mass is 724 g/mol. The zero-order valence-electron chi connectivity index (χ0n) is 19.0. The minimum atomic E-state index is -3.70. The molecule has 3 aliphatic rings. The molecule has 11 heteroatoms. The molecule has 7 nitrogen and oxygen atoms in total. The maximum Gasteiger partial charge on any atom is 0.377 e. The van der Waals surface area contributed by atoms with E-state index in [1.165, 1.54) is 0 Å². The lowest BCUT2D eigenvalue weighted by Crippen LogP contribution is -2.46. The first-order chi connectivity index (χ1) is 16.9. The number of rotatable bonds is 6. The zero-order valence-corrected chi connectivity index (χ0v) is 23.3. The van der Waals surface area contributed by atoms with Crippen molar-refractivity contribution in [1.29, 1.82) is 0 Å². The molecule has 5 rings (SSSR count). The van der Waals surface area contributed by atoms with Crippen molar-refractivity contribution < 1.29 is 42.1 Å². The Labute approximate surface area is 232 Å². The number of carbonyl (C=O) groups excluding carboxylic acids is 3. The van der Waals surface area contributed by atoms with Crippen molar-refractivity contribution in [1.82, 2.24) is 0 Å². The first-order valence-electron chi connectivity index (χ1n) is 11.2. The number of ether oxygens (including phenoxy) is 4. The fourth-order valence-electron chi connectivity index (χ4n) is 5.39. The molecule has 3 fully saturated rings. The molecule has 6 atom stereocenters. The van der Waals surface area contributed by atoms with Crippen molar-refractivity contribution in [3.8, 4) is 17.2 Å².